The minimum absolute atomic E-state index is 0.287. The highest BCUT2D eigenvalue weighted by Gasteiger charge is 2.33. The van der Waals surface area contributed by atoms with Gasteiger partial charge >= 0.3 is 11.9 Å². The molecule has 0 bridgehead atoms. The van der Waals surface area contributed by atoms with Gasteiger partial charge in [-0.2, -0.15) is 0 Å². The molecule has 8 nitrogen and oxygen atoms in total. The lowest BCUT2D eigenvalue weighted by molar-refractivity contribution is -0.143. The van der Waals surface area contributed by atoms with Gasteiger partial charge in [0.05, 0.1) is 40.1 Å². The Hall–Kier alpha value is -4.15. The first-order valence-electron chi connectivity index (χ1n) is 13.4. The van der Waals surface area contributed by atoms with Gasteiger partial charge in [0.15, 0.2) is 4.80 Å². The maximum atomic E-state index is 13.9. The number of benzene rings is 2. The molecule has 4 aromatic rings. The first kappa shape index (κ1) is 29.3. The number of rotatable bonds is 8. The summed E-state index contributed by atoms with van der Waals surface area (Å²) in [6, 6.07) is 17.6. The summed E-state index contributed by atoms with van der Waals surface area (Å²) in [5, 5.41) is 0. The average molecular weight is 603 g/mol. The van der Waals surface area contributed by atoms with Gasteiger partial charge in [-0.05, 0) is 75.9 Å². The quantitative estimate of drug-likeness (QED) is 0.198. The molecule has 0 saturated carbocycles. The summed E-state index contributed by atoms with van der Waals surface area (Å²) in [7, 11) is 0. The molecule has 2 aromatic heterocycles. The van der Waals surface area contributed by atoms with Crippen molar-refractivity contribution in [2.45, 2.75) is 44.7 Å². The van der Waals surface area contributed by atoms with Crippen LogP contribution in [0.25, 0.3) is 17.4 Å². The zero-order valence-corrected chi connectivity index (χ0v) is 25.5. The number of esters is 2. The van der Waals surface area contributed by atoms with Crippen LogP contribution in [-0.2, 0) is 14.3 Å². The maximum absolute atomic E-state index is 13.9. The predicted octanol–water partition coefficient (Wildman–Crippen LogP) is 5.35. The van der Waals surface area contributed by atoms with Crippen LogP contribution in [0.4, 0.5) is 0 Å². The molecule has 0 fully saturated rings. The number of nitrogens with zero attached hydrogens (tertiary/aromatic N) is 2. The Bertz CT molecular complexity index is 1860. The fraction of sp³-hybridized carbons (Fsp3) is 0.250. The highest BCUT2D eigenvalue weighted by molar-refractivity contribution is 7.98. The van der Waals surface area contributed by atoms with Crippen molar-refractivity contribution in [3.05, 3.63) is 109 Å². The van der Waals surface area contributed by atoms with Gasteiger partial charge in [0.1, 0.15) is 11.5 Å². The van der Waals surface area contributed by atoms with E-state index in [1.807, 2.05) is 36.6 Å². The monoisotopic (exact) mass is 602 g/mol. The van der Waals surface area contributed by atoms with E-state index in [2.05, 4.69) is 4.99 Å². The largest absolute Gasteiger partial charge is 0.462 e. The fourth-order valence-electron chi connectivity index (χ4n) is 4.69. The van der Waals surface area contributed by atoms with E-state index in [1.165, 1.54) is 11.3 Å². The number of hydrogen-bond donors (Lipinski definition) is 0. The van der Waals surface area contributed by atoms with Crippen LogP contribution in [0.1, 0.15) is 55.4 Å². The molecule has 216 valence electrons. The second-order valence-electron chi connectivity index (χ2n) is 9.81. The van der Waals surface area contributed by atoms with Crippen LogP contribution in [0.2, 0.25) is 0 Å². The molecule has 2 aromatic carbocycles. The Labute approximate surface area is 251 Å². The molecule has 0 spiro atoms. The molecule has 1 atom stereocenters. The third-order valence-corrected chi connectivity index (χ3v) is 8.30. The fourth-order valence-corrected chi connectivity index (χ4v) is 6.13. The highest BCUT2D eigenvalue weighted by atomic mass is 32.2. The highest BCUT2D eigenvalue weighted by Crippen LogP contribution is 2.32. The number of allylic oxidation sites excluding steroid dienone is 1. The van der Waals surface area contributed by atoms with Gasteiger partial charge in [-0.1, -0.05) is 35.6 Å². The second-order valence-corrected chi connectivity index (χ2v) is 11.7. The number of thiazole rings is 1. The molecular formula is C32H30N2O6S2. The van der Waals surface area contributed by atoms with Gasteiger partial charge in [-0.15, -0.1) is 11.8 Å². The van der Waals surface area contributed by atoms with E-state index in [0.29, 0.717) is 43.3 Å². The lowest BCUT2D eigenvalue weighted by Crippen LogP contribution is -2.40. The number of aromatic nitrogens is 1. The van der Waals surface area contributed by atoms with Gasteiger partial charge in [-0.3, -0.25) is 9.36 Å². The molecule has 0 amide bonds. The van der Waals surface area contributed by atoms with Crippen LogP contribution in [-0.4, -0.2) is 35.5 Å². The van der Waals surface area contributed by atoms with Crippen LogP contribution in [0.5, 0.6) is 0 Å². The van der Waals surface area contributed by atoms with Crippen LogP contribution < -0.4 is 14.9 Å². The van der Waals surface area contributed by atoms with Crippen molar-refractivity contribution in [1.29, 1.82) is 0 Å². The number of furan rings is 1. The van der Waals surface area contributed by atoms with Crippen molar-refractivity contribution in [3.63, 3.8) is 0 Å². The SMILES string of the molecule is CCOC(=O)c1cccc(-c2ccc(/C=c3\sc4n(c3=O)[C@@H](c3ccc(SC)cc3)C(C(=O)OC(C)C)=C(C)N=4)o2)c1. The summed E-state index contributed by atoms with van der Waals surface area (Å²) >= 11 is 2.84. The molecule has 0 aliphatic carbocycles. The second kappa shape index (κ2) is 12.4. The van der Waals surface area contributed by atoms with Crippen molar-refractivity contribution in [1.82, 2.24) is 4.57 Å². The summed E-state index contributed by atoms with van der Waals surface area (Å²) in [6.07, 6.45) is 3.33. The number of thioether (sulfide) groups is 1. The maximum Gasteiger partial charge on any atom is 0.338 e. The molecule has 10 heteroatoms. The molecule has 42 heavy (non-hydrogen) atoms. The van der Waals surface area contributed by atoms with Crippen LogP contribution >= 0.6 is 23.1 Å². The summed E-state index contributed by atoms with van der Waals surface area (Å²) in [5.41, 5.74) is 2.47. The number of hydrogen-bond acceptors (Lipinski definition) is 9. The van der Waals surface area contributed by atoms with Crippen LogP contribution in [0.15, 0.2) is 91.0 Å². The Balaban J connectivity index is 1.57. The van der Waals surface area contributed by atoms with Gasteiger partial charge in [0.2, 0.25) is 0 Å². The van der Waals surface area contributed by atoms with Crippen molar-refractivity contribution >= 4 is 41.1 Å². The van der Waals surface area contributed by atoms with Gasteiger partial charge in [0, 0.05) is 16.5 Å². The van der Waals surface area contributed by atoms with E-state index < -0.39 is 18.0 Å². The molecule has 0 unspecified atom stereocenters. The Morgan fingerprint density at radius 3 is 2.57 bits per heavy atom. The van der Waals surface area contributed by atoms with Crippen molar-refractivity contribution in [3.8, 4) is 11.3 Å². The summed E-state index contributed by atoms with van der Waals surface area (Å²) in [6.45, 7) is 7.38. The molecular weight excluding hydrogens is 572 g/mol. The smallest absolute Gasteiger partial charge is 0.338 e. The molecule has 1 aliphatic rings. The molecule has 5 rings (SSSR count). The number of ether oxygens (including phenoxy) is 2. The Kier molecular flexibility index (Phi) is 8.65. The molecule has 0 N–H and O–H groups in total. The first-order valence-corrected chi connectivity index (χ1v) is 15.5. The van der Waals surface area contributed by atoms with Gasteiger partial charge < -0.3 is 13.9 Å². The van der Waals surface area contributed by atoms with E-state index in [1.54, 1.807) is 80.4 Å². The van der Waals surface area contributed by atoms with Gasteiger partial charge in [0.25, 0.3) is 5.56 Å². The summed E-state index contributed by atoms with van der Waals surface area (Å²) in [5.74, 6) is 0.103. The lowest BCUT2D eigenvalue weighted by Gasteiger charge is -2.25. The number of carbonyl (C=O) groups excluding carboxylic acids is 2. The van der Waals surface area contributed by atoms with Crippen molar-refractivity contribution in [2.24, 2.45) is 4.99 Å². The Morgan fingerprint density at radius 2 is 1.88 bits per heavy atom. The molecule has 3 heterocycles. The third-order valence-electron chi connectivity index (χ3n) is 6.57. The van der Waals surface area contributed by atoms with E-state index in [9.17, 15) is 14.4 Å². The summed E-state index contributed by atoms with van der Waals surface area (Å²) in [4.78, 5) is 45.5. The first-order chi connectivity index (χ1) is 20.2. The number of carbonyl (C=O) groups is 2. The van der Waals surface area contributed by atoms with E-state index in [0.717, 1.165) is 10.5 Å². The average Bonchev–Trinajstić information content (AvgIpc) is 3.56. The van der Waals surface area contributed by atoms with E-state index in [-0.39, 0.29) is 18.3 Å². The molecule has 0 saturated heterocycles. The topological polar surface area (TPSA) is 100 Å². The van der Waals surface area contributed by atoms with Crippen LogP contribution in [0.3, 0.4) is 0 Å². The van der Waals surface area contributed by atoms with E-state index in [4.69, 9.17) is 13.9 Å². The Morgan fingerprint density at radius 1 is 1.12 bits per heavy atom. The predicted molar refractivity (Wildman–Crippen MR) is 163 cm³/mol. The normalized spacial score (nSPS) is 15.0. The molecule has 1 aliphatic heterocycles. The standard InChI is InChI=1S/C32H30N2O6S2/c1-6-38-30(36)22-9-7-8-21(16-22)25-15-12-23(40-25)17-26-29(35)34-28(20-10-13-24(41-5)14-11-20)27(31(37)39-18(2)3)19(4)33-32(34)42-26/h7-18,28H,6H2,1-5H3/b26-17-/t28-/m0/s1. The summed E-state index contributed by atoms with van der Waals surface area (Å²) < 4.78 is 18.7. The minimum Gasteiger partial charge on any atom is -0.462 e. The molecule has 0 radical (unpaired) electrons. The zero-order chi connectivity index (χ0) is 30.0. The number of fused-ring (bicyclic) bond motifs is 1. The third kappa shape index (κ3) is 5.91. The van der Waals surface area contributed by atoms with Crippen molar-refractivity contribution in [2.75, 3.05) is 12.9 Å². The minimum atomic E-state index is -0.691. The zero-order valence-electron chi connectivity index (χ0n) is 23.9. The van der Waals surface area contributed by atoms with Crippen molar-refractivity contribution < 1.29 is 23.5 Å². The van der Waals surface area contributed by atoms with E-state index >= 15 is 0 Å². The van der Waals surface area contributed by atoms with Gasteiger partial charge in [-0.25, -0.2) is 14.6 Å². The lowest BCUT2D eigenvalue weighted by atomic mass is 9.96. The van der Waals surface area contributed by atoms with Crippen LogP contribution in [0, 0.1) is 0 Å².